The van der Waals surface area contributed by atoms with Crippen LogP contribution >= 0.6 is 11.3 Å². The predicted molar refractivity (Wildman–Crippen MR) is 85.2 cm³/mol. The second-order valence-corrected chi connectivity index (χ2v) is 6.22. The topological polar surface area (TPSA) is 42.1 Å². The molecule has 0 aliphatic carbocycles. The highest BCUT2D eigenvalue weighted by Crippen LogP contribution is 2.35. The van der Waals surface area contributed by atoms with Crippen LogP contribution in [0.1, 0.15) is 10.6 Å². The minimum absolute atomic E-state index is 0.848. The van der Waals surface area contributed by atoms with Crippen molar-refractivity contribution >= 4 is 32.9 Å². The zero-order chi connectivity index (χ0) is 13.5. The van der Waals surface area contributed by atoms with Crippen LogP contribution in [0.25, 0.3) is 10.2 Å². The standard InChI is InChI=1S/C16H15N3S/c17-12-5-3-4-11-8-9-19(16(11)12)10-15-18-13-6-1-2-7-14(13)20-15/h1-7H,8-10,17H2. The van der Waals surface area contributed by atoms with Crippen LogP contribution in [0, 0.1) is 0 Å². The molecule has 0 radical (unpaired) electrons. The Balaban J connectivity index is 1.68. The van der Waals surface area contributed by atoms with E-state index in [-0.39, 0.29) is 0 Å². The molecule has 2 N–H and O–H groups in total. The Bertz CT molecular complexity index is 745. The van der Waals surface area contributed by atoms with E-state index in [2.05, 4.69) is 29.2 Å². The van der Waals surface area contributed by atoms with E-state index in [4.69, 9.17) is 10.7 Å². The summed E-state index contributed by atoms with van der Waals surface area (Å²) in [6.45, 7) is 1.88. The summed E-state index contributed by atoms with van der Waals surface area (Å²) in [6.07, 6.45) is 1.07. The summed E-state index contributed by atoms with van der Waals surface area (Å²) >= 11 is 1.77. The third kappa shape index (κ3) is 1.84. The van der Waals surface area contributed by atoms with Crippen molar-refractivity contribution in [2.24, 2.45) is 0 Å². The quantitative estimate of drug-likeness (QED) is 0.732. The summed E-state index contributed by atoms with van der Waals surface area (Å²) in [5, 5.41) is 1.15. The molecule has 1 aliphatic rings. The van der Waals surface area contributed by atoms with Crippen LogP contribution in [0.2, 0.25) is 0 Å². The van der Waals surface area contributed by atoms with Crippen LogP contribution in [0.4, 0.5) is 11.4 Å². The van der Waals surface area contributed by atoms with E-state index in [1.165, 1.54) is 16.0 Å². The molecule has 1 aliphatic heterocycles. The molecule has 0 bridgehead atoms. The third-order valence-corrected chi connectivity index (χ3v) is 4.80. The predicted octanol–water partition coefficient (Wildman–Crippen LogP) is 3.44. The number of nitrogens with two attached hydrogens (primary N) is 1. The molecule has 3 aromatic rings. The molecule has 0 fully saturated rings. The van der Waals surface area contributed by atoms with E-state index in [1.54, 1.807) is 11.3 Å². The van der Waals surface area contributed by atoms with Crippen molar-refractivity contribution in [3.63, 3.8) is 0 Å². The Labute approximate surface area is 121 Å². The zero-order valence-electron chi connectivity index (χ0n) is 11.0. The highest BCUT2D eigenvalue weighted by atomic mass is 32.1. The van der Waals surface area contributed by atoms with Crippen LogP contribution < -0.4 is 10.6 Å². The number of anilines is 2. The van der Waals surface area contributed by atoms with Gasteiger partial charge < -0.3 is 10.6 Å². The molecule has 2 aromatic carbocycles. The first-order chi connectivity index (χ1) is 9.81. The van der Waals surface area contributed by atoms with Gasteiger partial charge in [-0.05, 0) is 30.2 Å². The summed E-state index contributed by atoms with van der Waals surface area (Å²) in [7, 11) is 0. The first-order valence-electron chi connectivity index (χ1n) is 6.78. The number of nitrogens with zero attached hydrogens (tertiary/aromatic N) is 2. The van der Waals surface area contributed by atoms with Crippen molar-refractivity contribution in [1.29, 1.82) is 0 Å². The largest absolute Gasteiger partial charge is 0.397 e. The zero-order valence-corrected chi connectivity index (χ0v) is 11.9. The minimum atomic E-state index is 0.848. The highest BCUT2D eigenvalue weighted by Gasteiger charge is 2.22. The van der Waals surface area contributed by atoms with Crippen LogP contribution in [0.3, 0.4) is 0 Å². The highest BCUT2D eigenvalue weighted by molar-refractivity contribution is 7.18. The van der Waals surface area contributed by atoms with Gasteiger partial charge in [0, 0.05) is 6.54 Å². The first-order valence-corrected chi connectivity index (χ1v) is 7.60. The van der Waals surface area contributed by atoms with Gasteiger partial charge in [-0.3, -0.25) is 0 Å². The summed E-state index contributed by atoms with van der Waals surface area (Å²) in [6, 6.07) is 14.5. The first kappa shape index (κ1) is 11.7. The number of fused-ring (bicyclic) bond motifs is 2. The SMILES string of the molecule is Nc1cccc2c1N(Cc1nc3ccccc3s1)CC2. The molecule has 1 aromatic heterocycles. The molecule has 4 heteroatoms. The van der Waals surface area contributed by atoms with Gasteiger partial charge in [0.1, 0.15) is 5.01 Å². The van der Waals surface area contributed by atoms with Gasteiger partial charge in [0.2, 0.25) is 0 Å². The molecule has 0 spiro atoms. The number of thiazole rings is 1. The number of hydrogen-bond donors (Lipinski definition) is 1. The lowest BCUT2D eigenvalue weighted by Crippen LogP contribution is -2.20. The van der Waals surface area contributed by atoms with Gasteiger partial charge in [-0.25, -0.2) is 4.98 Å². The summed E-state index contributed by atoms with van der Waals surface area (Å²) in [5.74, 6) is 0. The molecule has 20 heavy (non-hydrogen) atoms. The summed E-state index contributed by atoms with van der Waals surface area (Å²) in [5.41, 5.74) is 10.7. The van der Waals surface area contributed by atoms with Crippen LogP contribution in [0.5, 0.6) is 0 Å². The van der Waals surface area contributed by atoms with Gasteiger partial charge in [0.15, 0.2) is 0 Å². The van der Waals surface area contributed by atoms with Gasteiger partial charge >= 0.3 is 0 Å². The van der Waals surface area contributed by atoms with Crippen molar-refractivity contribution in [3.8, 4) is 0 Å². The van der Waals surface area contributed by atoms with Crippen LogP contribution in [-0.4, -0.2) is 11.5 Å². The van der Waals surface area contributed by atoms with E-state index < -0.39 is 0 Å². The van der Waals surface area contributed by atoms with Gasteiger partial charge in [0.25, 0.3) is 0 Å². The smallest absolute Gasteiger partial charge is 0.113 e. The Hall–Kier alpha value is -2.07. The average Bonchev–Trinajstić information content (AvgIpc) is 3.03. The molecule has 0 saturated carbocycles. The molecule has 0 unspecified atom stereocenters. The second kappa shape index (κ2) is 4.49. The third-order valence-electron chi connectivity index (χ3n) is 3.78. The normalized spacial score (nSPS) is 13.9. The molecule has 0 amide bonds. The fourth-order valence-corrected chi connectivity index (χ4v) is 3.86. The van der Waals surface area contributed by atoms with E-state index in [0.29, 0.717) is 0 Å². The Kier molecular flexibility index (Phi) is 2.63. The molecule has 4 rings (SSSR count). The number of aromatic nitrogens is 1. The van der Waals surface area contributed by atoms with Crippen molar-refractivity contribution in [1.82, 2.24) is 4.98 Å². The van der Waals surface area contributed by atoms with Crippen LogP contribution in [-0.2, 0) is 13.0 Å². The van der Waals surface area contributed by atoms with Crippen molar-refractivity contribution in [2.75, 3.05) is 17.2 Å². The van der Waals surface area contributed by atoms with Gasteiger partial charge in [-0.1, -0.05) is 24.3 Å². The van der Waals surface area contributed by atoms with Gasteiger partial charge in [0.05, 0.1) is 28.1 Å². The van der Waals surface area contributed by atoms with Crippen molar-refractivity contribution in [2.45, 2.75) is 13.0 Å². The van der Waals surface area contributed by atoms with Gasteiger partial charge in [-0.2, -0.15) is 0 Å². The maximum Gasteiger partial charge on any atom is 0.113 e. The number of rotatable bonds is 2. The maximum absolute atomic E-state index is 6.13. The number of benzene rings is 2. The molecular formula is C16H15N3S. The minimum Gasteiger partial charge on any atom is -0.397 e. The van der Waals surface area contributed by atoms with Crippen LogP contribution in [0.15, 0.2) is 42.5 Å². The monoisotopic (exact) mass is 281 g/mol. The average molecular weight is 281 g/mol. The molecule has 3 nitrogen and oxygen atoms in total. The molecule has 0 saturated heterocycles. The summed E-state index contributed by atoms with van der Waals surface area (Å²) < 4.78 is 1.25. The fourth-order valence-electron chi connectivity index (χ4n) is 2.87. The Morgan fingerprint density at radius 1 is 1.15 bits per heavy atom. The Morgan fingerprint density at radius 3 is 2.95 bits per heavy atom. The van der Waals surface area contributed by atoms with E-state index in [1.807, 2.05) is 18.2 Å². The molecule has 0 atom stereocenters. The lowest BCUT2D eigenvalue weighted by atomic mass is 10.1. The van der Waals surface area contributed by atoms with E-state index in [9.17, 15) is 0 Å². The second-order valence-electron chi connectivity index (χ2n) is 5.10. The lowest BCUT2D eigenvalue weighted by Gasteiger charge is -2.19. The number of hydrogen-bond acceptors (Lipinski definition) is 4. The molecule has 2 heterocycles. The Morgan fingerprint density at radius 2 is 2.05 bits per heavy atom. The van der Waals surface area contributed by atoms with E-state index >= 15 is 0 Å². The molecule has 100 valence electrons. The van der Waals surface area contributed by atoms with Gasteiger partial charge in [-0.15, -0.1) is 11.3 Å². The molecular weight excluding hydrogens is 266 g/mol. The summed E-state index contributed by atoms with van der Waals surface area (Å²) in [4.78, 5) is 7.06. The maximum atomic E-state index is 6.13. The lowest BCUT2D eigenvalue weighted by molar-refractivity contribution is 0.832. The van der Waals surface area contributed by atoms with E-state index in [0.717, 1.165) is 35.7 Å². The fraction of sp³-hybridized carbons (Fsp3) is 0.188. The number of nitrogen functional groups attached to an aromatic ring is 1. The number of para-hydroxylation sites is 2. The van der Waals surface area contributed by atoms with Crippen molar-refractivity contribution in [3.05, 3.63) is 53.0 Å². The van der Waals surface area contributed by atoms with Crippen molar-refractivity contribution < 1.29 is 0 Å².